The van der Waals surface area contributed by atoms with Gasteiger partial charge in [-0.2, -0.15) is 0 Å². The number of hydrogen-bond donors (Lipinski definition) is 2. The fraction of sp³-hybridized carbons (Fsp3) is 0.538. The smallest absolute Gasteiger partial charge is 0.256 e. The third-order valence-electron chi connectivity index (χ3n) is 3.46. The number of ether oxygens (including phenoxy) is 2. The van der Waals surface area contributed by atoms with Crippen LogP contribution in [0.25, 0.3) is 0 Å². The van der Waals surface area contributed by atoms with Gasteiger partial charge in [0, 0.05) is 19.4 Å². The quantitative estimate of drug-likeness (QED) is 0.873. The molecule has 0 spiro atoms. The average molecular weight is 338 g/mol. The number of piperidine rings is 1. The molecule has 2 heterocycles. The molecule has 1 aliphatic heterocycles. The lowest BCUT2D eigenvalue weighted by atomic mass is 9.91. The van der Waals surface area contributed by atoms with E-state index >= 15 is 0 Å². The first-order valence-electron chi connectivity index (χ1n) is 6.27. The maximum atomic E-state index is 12.4. The normalized spacial score (nSPS) is 16.1. The fourth-order valence-corrected chi connectivity index (χ4v) is 2.24. The summed E-state index contributed by atoms with van der Waals surface area (Å²) in [5, 5.41) is 6.06. The molecule has 0 atom stereocenters. The van der Waals surface area contributed by atoms with Gasteiger partial charge in [-0.05, 0) is 25.9 Å². The lowest BCUT2D eigenvalue weighted by Crippen LogP contribution is -2.51. The first-order valence-corrected chi connectivity index (χ1v) is 6.27. The standard InChI is InChI=1S/C13H19N3O3.2ClH/c1-18-11-3-6-15-9-10(11)16-12(17)13(19-2)4-7-14-8-5-13;;/h3,6,9,14H,4-5,7-8H2,1-2H3,(H,16,17);2*1H. The Balaban J connectivity index is 0.00000200. The maximum Gasteiger partial charge on any atom is 0.256 e. The van der Waals surface area contributed by atoms with Crippen molar-refractivity contribution >= 4 is 36.4 Å². The third kappa shape index (κ3) is 4.44. The van der Waals surface area contributed by atoms with Gasteiger partial charge < -0.3 is 20.1 Å². The number of hydrogen-bond acceptors (Lipinski definition) is 5. The van der Waals surface area contributed by atoms with Crippen LogP contribution in [0, 0.1) is 0 Å². The molecule has 2 N–H and O–H groups in total. The molecule has 0 radical (unpaired) electrons. The van der Waals surface area contributed by atoms with Crippen LogP contribution in [0.15, 0.2) is 18.5 Å². The molecule has 8 heteroatoms. The minimum absolute atomic E-state index is 0. The molecule has 1 amide bonds. The minimum Gasteiger partial charge on any atom is -0.494 e. The molecular weight excluding hydrogens is 317 g/mol. The Hall–Kier alpha value is -1.08. The molecule has 2 rings (SSSR count). The van der Waals surface area contributed by atoms with Crippen molar-refractivity contribution in [3.8, 4) is 5.75 Å². The molecule has 0 aromatic carbocycles. The predicted molar refractivity (Wildman–Crippen MR) is 85.8 cm³/mol. The van der Waals surface area contributed by atoms with Gasteiger partial charge in [-0.25, -0.2) is 0 Å². The number of anilines is 1. The summed E-state index contributed by atoms with van der Waals surface area (Å²) in [5.74, 6) is 0.436. The molecule has 1 aromatic rings. The van der Waals surface area contributed by atoms with Gasteiger partial charge >= 0.3 is 0 Å². The third-order valence-corrected chi connectivity index (χ3v) is 3.46. The Morgan fingerprint density at radius 1 is 1.33 bits per heavy atom. The second-order valence-corrected chi connectivity index (χ2v) is 4.48. The minimum atomic E-state index is -0.772. The highest BCUT2D eigenvalue weighted by molar-refractivity contribution is 5.98. The highest BCUT2D eigenvalue weighted by Crippen LogP contribution is 2.27. The molecule has 120 valence electrons. The van der Waals surface area contributed by atoms with Crippen LogP contribution in [0.2, 0.25) is 0 Å². The first-order chi connectivity index (χ1) is 9.22. The number of pyridine rings is 1. The number of halogens is 2. The number of nitrogens with one attached hydrogen (secondary N) is 2. The summed E-state index contributed by atoms with van der Waals surface area (Å²) in [6, 6.07) is 1.71. The number of carbonyl (C=O) groups excluding carboxylic acids is 1. The summed E-state index contributed by atoms with van der Waals surface area (Å²) >= 11 is 0. The number of methoxy groups -OCH3 is 2. The van der Waals surface area contributed by atoms with Crippen molar-refractivity contribution in [2.45, 2.75) is 18.4 Å². The van der Waals surface area contributed by atoms with Crippen molar-refractivity contribution < 1.29 is 14.3 Å². The zero-order valence-electron chi connectivity index (χ0n) is 12.0. The van der Waals surface area contributed by atoms with Crippen LogP contribution in [0.5, 0.6) is 5.75 Å². The van der Waals surface area contributed by atoms with E-state index in [2.05, 4.69) is 15.6 Å². The summed E-state index contributed by atoms with van der Waals surface area (Å²) < 4.78 is 10.7. The van der Waals surface area contributed by atoms with Crippen molar-refractivity contribution in [1.82, 2.24) is 10.3 Å². The number of rotatable bonds is 4. The van der Waals surface area contributed by atoms with Crippen LogP contribution in [0.4, 0.5) is 5.69 Å². The van der Waals surface area contributed by atoms with Gasteiger partial charge in [0.15, 0.2) is 0 Å². The highest BCUT2D eigenvalue weighted by Gasteiger charge is 2.39. The summed E-state index contributed by atoms with van der Waals surface area (Å²) in [6.07, 6.45) is 4.49. The van der Waals surface area contributed by atoms with E-state index in [1.165, 1.54) is 0 Å². The Bertz CT molecular complexity index is 454. The number of carbonyl (C=O) groups is 1. The summed E-state index contributed by atoms with van der Waals surface area (Å²) in [7, 11) is 3.13. The summed E-state index contributed by atoms with van der Waals surface area (Å²) in [6.45, 7) is 1.54. The van der Waals surface area contributed by atoms with Gasteiger partial charge in [0.05, 0.1) is 13.3 Å². The molecule has 21 heavy (non-hydrogen) atoms. The topological polar surface area (TPSA) is 72.5 Å². The largest absolute Gasteiger partial charge is 0.494 e. The van der Waals surface area contributed by atoms with Gasteiger partial charge in [0.2, 0.25) is 0 Å². The van der Waals surface area contributed by atoms with Gasteiger partial charge in [-0.3, -0.25) is 9.78 Å². The molecule has 1 fully saturated rings. The van der Waals surface area contributed by atoms with Crippen molar-refractivity contribution in [3.05, 3.63) is 18.5 Å². The van der Waals surface area contributed by atoms with Gasteiger partial charge in [-0.15, -0.1) is 24.8 Å². The highest BCUT2D eigenvalue weighted by atomic mass is 35.5. The fourth-order valence-electron chi connectivity index (χ4n) is 2.24. The van der Waals surface area contributed by atoms with E-state index in [0.717, 1.165) is 13.1 Å². The van der Waals surface area contributed by atoms with Crippen LogP contribution in [-0.2, 0) is 9.53 Å². The van der Waals surface area contributed by atoms with E-state index < -0.39 is 5.60 Å². The maximum absolute atomic E-state index is 12.4. The van der Waals surface area contributed by atoms with Crippen LogP contribution in [-0.4, -0.2) is 43.8 Å². The zero-order valence-corrected chi connectivity index (χ0v) is 13.7. The molecule has 0 bridgehead atoms. The van der Waals surface area contributed by atoms with Crippen molar-refractivity contribution in [2.75, 3.05) is 32.6 Å². The van der Waals surface area contributed by atoms with Crippen LogP contribution in [0.1, 0.15) is 12.8 Å². The second kappa shape index (κ2) is 9.04. The van der Waals surface area contributed by atoms with E-state index in [0.29, 0.717) is 24.3 Å². The van der Waals surface area contributed by atoms with E-state index in [1.54, 1.807) is 32.7 Å². The summed E-state index contributed by atoms with van der Waals surface area (Å²) in [4.78, 5) is 16.4. The molecular formula is C13H21Cl2N3O3. The molecule has 0 unspecified atom stereocenters. The predicted octanol–water partition coefficient (Wildman–Crippen LogP) is 1.64. The number of nitrogens with zero attached hydrogens (tertiary/aromatic N) is 1. The van der Waals surface area contributed by atoms with E-state index in [9.17, 15) is 4.79 Å². The van der Waals surface area contributed by atoms with Crippen molar-refractivity contribution in [2.24, 2.45) is 0 Å². The average Bonchev–Trinajstić information content (AvgIpc) is 2.48. The van der Waals surface area contributed by atoms with Gasteiger partial charge in [-0.1, -0.05) is 0 Å². The second-order valence-electron chi connectivity index (χ2n) is 4.48. The zero-order chi connectivity index (χ0) is 13.7. The van der Waals surface area contributed by atoms with Crippen molar-refractivity contribution in [1.29, 1.82) is 0 Å². The molecule has 1 saturated heterocycles. The Morgan fingerprint density at radius 3 is 2.57 bits per heavy atom. The summed E-state index contributed by atoms with van der Waals surface area (Å²) in [5.41, 5.74) is -0.212. The Kier molecular flexibility index (Phi) is 8.58. The molecule has 1 aromatic heterocycles. The van der Waals surface area contributed by atoms with Gasteiger partial charge in [0.25, 0.3) is 5.91 Å². The first kappa shape index (κ1) is 19.9. The lowest BCUT2D eigenvalue weighted by Gasteiger charge is -2.34. The Morgan fingerprint density at radius 2 is 2.00 bits per heavy atom. The van der Waals surface area contributed by atoms with Crippen molar-refractivity contribution in [3.63, 3.8) is 0 Å². The van der Waals surface area contributed by atoms with Gasteiger partial charge in [0.1, 0.15) is 17.0 Å². The van der Waals surface area contributed by atoms with Crippen LogP contribution in [0.3, 0.4) is 0 Å². The molecule has 0 aliphatic carbocycles. The molecule has 1 aliphatic rings. The Labute approximate surface area is 136 Å². The van der Waals surface area contributed by atoms with E-state index in [1.807, 2.05) is 0 Å². The SMILES string of the molecule is COc1ccncc1NC(=O)C1(OC)CCNCC1.Cl.Cl. The molecule has 6 nitrogen and oxygen atoms in total. The lowest BCUT2D eigenvalue weighted by molar-refractivity contribution is -0.140. The van der Waals surface area contributed by atoms with E-state index in [4.69, 9.17) is 9.47 Å². The van der Waals surface area contributed by atoms with E-state index in [-0.39, 0.29) is 30.7 Å². The number of aromatic nitrogens is 1. The number of amides is 1. The van der Waals surface area contributed by atoms with Crippen LogP contribution < -0.4 is 15.4 Å². The monoisotopic (exact) mass is 337 g/mol. The molecule has 0 saturated carbocycles. The van der Waals surface area contributed by atoms with Crippen LogP contribution >= 0.6 is 24.8 Å².